The lowest BCUT2D eigenvalue weighted by Gasteiger charge is -2.23. The van der Waals surface area contributed by atoms with Crippen molar-refractivity contribution in [2.75, 3.05) is 6.61 Å². The molecule has 0 amide bonds. The van der Waals surface area contributed by atoms with E-state index in [2.05, 4.69) is 0 Å². The molecule has 0 bridgehead atoms. The Hall–Kier alpha value is -0.510. The Labute approximate surface area is 95.9 Å². The molecule has 0 saturated heterocycles. The Balaban J connectivity index is 4.44. The van der Waals surface area contributed by atoms with Crippen LogP contribution in [-0.2, 0) is 14.3 Å². The fraction of sp³-hybridized carbons (Fsp3) is 0.818. The summed E-state index contributed by atoms with van der Waals surface area (Å²) in [5.74, 6) is -0.266. The Bertz CT molecular complexity index is 230. The molecule has 0 radical (unpaired) electrons. The van der Waals surface area contributed by atoms with Crippen molar-refractivity contribution in [2.24, 2.45) is 0 Å². The molecular formula is C11H20O3S. The van der Waals surface area contributed by atoms with Crippen LogP contribution in [0.15, 0.2) is 0 Å². The van der Waals surface area contributed by atoms with Gasteiger partial charge in [0.2, 0.25) is 0 Å². The van der Waals surface area contributed by atoms with Crippen molar-refractivity contribution < 1.29 is 14.3 Å². The monoisotopic (exact) mass is 232 g/mol. The lowest BCUT2D eigenvalue weighted by molar-refractivity contribution is -0.143. The average molecular weight is 232 g/mol. The van der Waals surface area contributed by atoms with Crippen molar-refractivity contribution in [1.82, 2.24) is 0 Å². The summed E-state index contributed by atoms with van der Waals surface area (Å²) in [7, 11) is 0. The van der Waals surface area contributed by atoms with Crippen LogP contribution in [0.4, 0.5) is 0 Å². The van der Waals surface area contributed by atoms with Crippen LogP contribution in [0.25, 0.3) is 0 Å². The summed E-state index contributed by atoms with van der Waals surface area (Å²) in [5.41, 5.74) is 0. The molecule has 0 aliphatic carbocycles. The third kappa shape index (κ3) is 7.42. The Morgan fingerprint density at radius 2 is 1.87 bits per heavy atom. The summed E-state index contributed by atoms with van der Waals surface area (Å²) in [6.45, 7) is 9.68. The van der Waals surface area contributed by atoms with Crippen molar-refractivity contribution in [3.05, 3.63) is 0 Å². The molecular weight excluding hydrogens is 212 g/mol. The summed E-state index contributed by atoms with van der Waals surface area (Å²) in [4.78, 5) is 22.6. The van der Waals surface area contributed by atoms with Gasteiger partial charge in [-0.3, -0.25) is 9.59 Å². The van der Waals surface area contributed by atoms with Gasteiger partial charge in [0.1, 0.15) is 11.0 Å². The molecule has 0 aromatic heterocycles. The normalized spacial score (nSPS) is 13.4. The maximum atomic E-state index is 11.6. The van der Waals surface area contributed by atoms with Crippen LogP contribution in [0.3, 0.4) is 0 Å². The van der Waals surface area contributed by atoms with Gasteiger partial charge in [0.25, 0.3) is 0 Å². The number of ketones is 1. The van der Waals surface area contributed by atoms with E-state index in [9.17, 15) is 9.59 Å². The molecule has 4 heteroatoms. The molecule has 0 aliphatic heterocycles. The topological polar surface area (TPSA) is 43.4 Å². The largest absolute Gasteiger partial charge is 0.465 e. The molecule has 1 atom stereocenters. The first-order chi connectivity index (χ1) is 6.76. The molecule has 0 aliphatic rings. The van der Waals surface area contributed by atoms with Crippen LogP contribution in [-0.4, -0.2) is 28.4 Å². The fourth-order valence-electron chi connectivity index (χ4n) is 1.10. The minimum Gasteiger partial charge on any atom is -0.465 e. The van der Waals surface area contributed by atoms with Gasteiger partial charge in [-0.05, 0) is 13.8 Å². The minimum atomic E-state index is -0.373. The van der Waals surface area contributed by atoms with Gasteiger partial charge in [-0.25, -0.2) is 0 Å². The second kappa shape index (κ2) is 6.16. The molecule has 15 heavy (non-hydrogen) atoms. The first kappa shape index (κ1) is 14.5. The first-order valence-corrected chi connectivity index (χ1v) is 5.98. The van der Waals surface area contributed by atoms with Gasteiger partial charge in [0.15, 0.2) is 0 Å². The summed E-state index contributed by atoms with van der Waals surface area (Å²) in [5, 5.41) is -0.373. The standard InChI is InChI=1S/C11H20O3S/c1-6-14-10(13)9(7-8(2)12)15-11(3,4)5/h9H,6-7H2,1-5H3. The zero-order chi connectivity index (χ0) is 12.1. The molecule has 0 aromatic rings. The van der Waals surface area contributed by atoms with Gasteiger partial charge in [0, 0.05) is 11.2 Å². The number of carbonyl (C=O) groups is 2. The fourth-order valence-corrected chi connectivity index (χ4v) is 2.43. The van der Waals surface area contributed by atoms with Crippen molar-refractivity contribution in [2.45, 2.75) is 51.0 Å². The van der Waals surface area contributed by atoms with E-state index in [0.717, 1.165) is 0 Å². The Kier molecular flexibility index (Phi) is 5.95. The van der Waals surface area contributed by atoms with Gasteiger partial charge in [0.05, 0.1) is 6.61 Å². The molecule has 0 N–H and O–H groups in total. The number of esters is 1. The number of thioether (sulfide) groups is 1. The molecule has 0 fully saturated rings. The van der Waals surface area contributed by atoms with Crippen LogP contribution in [0, 0.1) is 0 Å². The molecule has 0 spiro atoms. The zero-order valence-electron chi connectivity index (χ0n) is 10.1. The molecule has 0 rings (SSSR count). The summed E-state index contributed by atoms with van der Waals surface area (Å²) < 4.78 is 4.89. The number of carbonyl (C=O) groups excluding carboxylic acids is 2. The molecule has 0 aromatic carbocycles. The highest BCUT2D eigenvalue weighted by atomic mass is 32.2. The van der Waals surface area contributed by atoms with Crippen LogP contribution >= 0.6 is 11.8 Å². The van der Waals surface area contributed by atoms with Crippen LogP contribution < -0.4 is 0 Å². The summed E-state index contributed by atoms with van der Waals surface area (Å²) in [6, 6.07) is 0. The van der Waals surface area contributed by atoms with Crippen molar-refractivity contribution in [3.8, 4) is 0 Å². The van der Waals surface area contributed by atoms with E-state index in [1.54, 1.807) is 6.92 Å². The molecule has 88 valence electrons. The highest BCUT2D eigenvalue weighted by Gasteiger charge is 2.27. The van der Waals surface area contributed by atoms with E-state index >= 15 is 0 Å². The average Bonchev–Trinajstić information content (AvgIpc) is 1.99. The third-order valence-electron chi connectivity index (χ3n) is 1.52. The second-order valence-corrected chi connectivity index (χ2v) is 6.41. The number of hydrogen-bond donors (Lipinski definition) is 0. The summed E-state index contributed by atoms with van der Waals surface area (Å²) in [6.07, 6.45) is 0.251. The highest BCUT2D eigenvalue weighted by Crippen LogP contribution is 2.30. The maximum absolute atomic E-state index is 11.6. The van der Waals surface area contributed by atoms with E-state index < -0.39 is 0 Å². The molecule has 3 nitrogen and oxygen atoms in total. The SMILES string of the molecule is CCOC(=O)C(CC(C)=O)SC(C)(C)C. The Morgan fingerprint density at radius 1 is 1.33 bits per heavy atom. The van der Waals surface area contributed by atoms with Crippen LogP contribution in [0.1, 0.15) is 41.0 Å². The van der Waals surface area contributed by atoms with Crippen molar-refractivity contribution >= 4 is 23.5 Å². The van der Waals surface area contributed by atoms with Gasteiger partial charge in [-0.15, -0.1) is 11.8 Å². The first-order valence-electron chi connectivity index (χ1n) is 5.10. The van der Waals surface area contributed by atoms with Gasteiger partial charge < -0.3 is 4.74 Å². The van der Waals surface area contributed by atoms with E-state index in [-0.39, 0.29) is 28.2 Å². The van der Waals surface area contributed by atoms with Crippen LogP contribution in [0.2, 0.25) is 0 Å². The number of rotatable bonds is 5. The van der Waals surface area contributed by atoms with Crippen molar-refractivity contribution in [1.29, 1.82) is 0 Å². The zero-order valence-corrected chi connectivity index (χ0v) is 10.9. The lowest BCUT2D eigenvalue weighted by atomic mass is 10.2. The van der Waals surface area contributed by atoms with Crippen molar-refractivity contribution in [3.63, 3.8) is 0 Å². The van der Waals surface area contributed by atoms with E-state index in [0.29, 0.717) is 6.61 Å². The summed E-state index contributed by atoms with van der Waals surface area (Å²) >= 11 is 1.48. The van der Waals surface area contributed by atoms with E-state index in [4.69, 9.17) is 4.74 Å². The molecule has 1 unspecified atom stereocenters. The number of hydrogen-bond acceptors (Lipinski definition) is 4. The van der Waals surface area contributed by atoms with E-state index in [1.165, 1.54) is 18.7 Å². The highest BCUT2D eigenvalue weighted by molar-refractivity contribution is 8.01. The smallest absolute Gasteiger partial charge is 0.319 e. The maximum Gasteiger partial charge on any atom is 0.319 e. The van der Waals surface area contributed by atoms with E-state index in [1.807, 2.05) is 20.8 Å². The van der Waals surface area contributed by atoms with Crippen LogP contribution in [0.5, 0.6) is 0 Å². The number of Topliss-reactive ketones (excluding diaryl/α,β-unsaturated/α-hetero) is 1. The second-order valence-electron chi connectivity index (χ2n) is 4.38. The predicted molar refractivity (Wildman–Crippen MR) is 63.1 cm³/mol. The van der Waals surface area contributed by atoms with Gasteiger partial charge in [-0.1, -0.05) is 20.8 Å². The lowest BCUT2D eigenvalue weighted by Crippen LogP contribution is -2.27. The van der Waals surface area contributed by atoms with Gasteiger partial charge in [-0.2, -0.15) is 0 Å². The minimum absolute atomic E-state index is 0.0183. The quantitative estimate of drug-likeness (QED) is 0.683. The third-order valence-corrected chi connectivity index (χ3v) is 2.87. The molecule has 0 saturated carbocycles. The van der Waals surface area contributed by atoms with Gasteiger partial charge >= 0.3 is 5.97 Å². The molecule has 0 heterocycles. The predicted octanol–water partition coefficient (Wildman–Crippen LogP) is 2.43. The Morgan fingerprint density at radius 3 is 2.20 bits per heavy atom. The number of ether oxygens (including phenoxy) is 1.